The molecule has 1 N–H and O–H groups in total. The number of carbonyl (C=O) groups is 2. The lowest BCUT2D eigenvalue weighted by molar-refractivity contribution is -0.116. The highest BCUT2D eigenvalue weighted by Crippen LogP contribution is 2.40. The number of amides is 1. The molecule has 1 atom stereocenters. The van der Waals surface area contributed by atoms with Crippen LogP contribution in [0.3, 0.4) is 0 Å². The van der Waals surface area contributed by atoms with Crippen LogP contribution in [0.1, 0.15) is 112 Å². The molecule has 29 heavy (non-hydrogen) atoms. The van der Waals surface area contributed by atoms with Crippen molar-refractivity contribution < 1.29 is 14.3 Å². The van der Waals surface area contributed by atoms with Crippen LogP contribution in [0.15, 0.2) is 0 Å². The molecule has 0 aromatic carbocycles. The fraction of sp³-hybridized carbons (Fsp3) is 0.750. The highest BCUT2D eigenvalue weighted by Gasteiger charge is 2.29. The van der Waals surface area contributed by atoms with Gasteiger partial charge in [-0.05, 0) is 44.1 Å². The van der Waals surface area contributed by atoms with Gasteiger partial charge in [-0.2, -0.15) is 0 Å². The standard InChI is InChI=1S/C24H39NO3S/c1-4-7-8-9-10-11-12-13-14-21(26)25-23-22(24(27)28-6-3)19-16-15-18(5-2)17-20(19)29-23/h18H,4-17H2,1-3H3,(H,25,26)/t18-/m1/s1. The summed E-state index contributed by atoms with van der Waals surface area (Å²) in [5, 5.41) is 3.74. The monoisotopic (exact) mass is 421 g/mol. The van der Waals surface area contributed by atoms with Crippen molar-refractivity contribution in [3.63, 3.8) is 0 Å². The largest absolute Gasteiger partial charge is 0.462 e. The summed E-state index contributed by atoms with van der Waals surface area (Å²) >= 11 is 1.59. The Balaban J connectivity index is 1.89. The maximum atomic E-state index is 12.6. The Kier molecular flexibility index (Phi) is 10.8. The second-order valence-electron chi connectivity index (χ2n) is 8.22. The molecule has 1 amide bonds. The molecule has 0 spiro atoms. The van der Waals surface area contributed by atoms with E-state index in [0.717, 1.165) is 44.1 Å². The average molecular weight is 422 g/mol. The first-order valence-electron chi connectivity index (χ1n) is 11.7. The molecule has 0 unspecified atom stereocenters. The van der Waals surface area contributed by atoms with E-state index >= 15 is 0 Å². The van der Waals surface area contributed by atoms with Gasteiger partial charge in [-0.25, -0.2) is 4.79 Å². The molecule has 5 heteroatoms. The zero-order valence-corrected chi connectivity index (χ0v) is 19.4. The average Bonchev–Trinajstić information content (AvgIpc) is 3.06. The van der Waals surface area contributed by atoms with Crippen LogP contribution in [-0.4, -0.2) is 18.5 Å². The van der Waals surface area contributed by atoms with Gasteiger partial charge in [0.2, 0.25) is 5.91 Å². The van der Waals surface area contributed by atoms with Crippen molar-refractivity contribution in [2.24, 2.45) is 5.92 Å². The van der Waals surface area contributed by atoms with E-state index in [1.54, 1.807) is 11.3 Å². The van der Waals surface area contributed by atoms with E-state index in [2.05, 4.69) is 19.2 Å². The minimum Gasteiger partial charge on any atom is -0.462 e. The smallest absolute Gasteiger partial charge is 0.341 e. The first kappa shape index (κ1) is 23.9. The van der Waals surface area contributed by atoms with Gasteiger partial charge in [-0.1, -0.05) is 65.2 Å². The summed E-state index contributed by atoms with van der Waals surface area (Å²) in [5.41, 5.74) is 1.73. The Labute approximate surface area is 180 Å². The van der Waals surface area contributed by atoms with Gasteiger partial charge in [0, 0.05) is 11.3 Å². The van der Waals surface area contributed by atoms with E-state index in [-0.39, 0.29) is 11.9 Å². The maximum Gasteiger partial charge on any atom is 0.341 e. The van der Waals surface area contributed by atoms with Crippen molar-refractivity contribution in [2.45, 2.75) is 104 Å². The van der Waals surface area contributed by atoms with E-state index in [1.165, 1.54) is 43.4 Å². The van der Waals surface area contributed by atoms with Gasteiger partial charge in [0.15, 0.2) is 0 Å². The quantitative estimate of drug-likeness (QED) is 0.278. The minimum absolute atomic E-state index is 0.0205. The SMILES string of the molecule is CCCCCCCCCCC(=O)Nc1sc2c(c1C(=O)OCC)CC[C@@H](CC)C2. The highest BCUT2D eigenvalue weighted by atomic mass is 32.1. The van der Waals surface area contributed by atoms with Crippen molar-refractivity contribution in [1.82, 2.24) is 0 Å². The van der Waals surface area contributed by atoms with Crippen LogP contribution in [0, 0.1) is 5.92 Å². The summed E-state index contributed by atoms with van der Waals surface area (Å²) in [6.07, 6.45) is 14.4. The van der Waals surface area contributed by atoms with Crippen molar-refractivity contribution in [1.29, 1.82) is 0 Å². The van der Waals surface area contributed by atoms with Crippen molar-refractivity contribution >= 4 is 28.2 Å². The lowest BCUT2D eigenvalue weighted by Gasteiger charge is -2.20. The Morgan fingerprint density at radius 2 is 1.72 bits per heavy atom. The molecule has 0 fully saturated rings. The molecule has 2 rings (SSSR count). The number of esters is 1. The number of anilines is 1. The van der Waals surface area contributed by atoms with Crippen LogP contribution >= 0.6 is 11.3 Å². The van der Waals surface area contributed by atoms with Gasteiger partial charge >= 0.3 is 5.97 Å². The van der Waals surface area contributed by atoms with E-state index < -0.39 is 0 Å². The van der Waals surface area contributed by atoms with Crippen LogP contribution in [0.25, 0.3) is 0 Å². The number of rotatable bonds is 13. The Bertz CT molecular complexity index is 653. The van der Waals surface area contributed by atoms with Gasteiger partial charge in [0.25, 0.3) is 0 Å². The topological polar surface area (TPSA) is 55.4 Å². The van der Waals surface area contributed by atoms with Crippen LogP contribution < -0.4 is 5.32 Å². The van der Waals surface area contributed by atoms with Gasteiger partial charge in [-0.15, -0.1) is 11.3 Å². The Morgan fingerprint density at radius 3 is 2.38 bits per heavy atom. The van der Waals surface area contributed by atoms with Crippen molar-refractivity contribution in [2.75, 3.05) is 11.9 Å². The molecule has 0 aliphatic heterocycles. The molecule has 1 aliphatic carbocycles. The predicted octanol–water partition coefficient (Wildman–Crippen LogP) is 6.91. The summed E-state index contributed by atoms with van der Waals surface area (Å²) in [7, 11) is 0. The summed E-state index contributed by atoms with van der Waals surface area (Å²) in [4.78, 5) is 26.3. The zero-order valence-electron chi connectivity index (χ0n) is 18.6. The normalized spacial score (nSPS) is 15.8. The van der Waals surface area contributed by atoms with Gasteiger partial charge in [-0.3, -0.25) is 4.79 Å². The van der Waals surface area contributed by atoms with Crippen LogP contribution in [-0.2, 0) is 22.4 Å². The molecule has 0 radical (unpaired) electrons. The van der Waals surface area contributed by atoms with E-state index in [9.17, 15) is 9.59 Å². The lowest BCUT2D eigenvalue weighted by Crippen LogP contribution is -2.17. The Hall–Kier alpha value is -1.36. The molecule has 1 aromatic rings. The number of hydrogen-bond donors (Lipinski definition) is 1. The molecule has 0 saturated carbocycles. The zero-order chi connectivity index (χ0) is 21.1. The van der Waals surface area contributed by atoms with Gasteiger partial charge < -0.3 is 10.1 Å². The molecule has 1 aromatic heterocycles. The molecule has 0 saturated heterocycles. The number of ether oxygens (including phenoxy) is 1. The second-order valence-corrected chi connectivity index (χ2v) is 9.32. The Morgan fingerprint density at radius 1 is 1.03 bits per heavy atom. The third-order valence-electron chi connectivity index (χ3n) is 5.93. The molecule has 164 valence electrons. The fourth-order valence-electron chi connectivity index (χ4n) is 4.12. The number of unbranched alkanes of at least 4 members (excludes halogenated alkanes) is 7. The van der Waals surface area contributed by atoms with E-state index in [1.807, 2.05) is 6.92 Å². The minimum atomic E-state index is -0.290. The summed E-state index contributed by atoms with van der Waals surface area (Å²) in [5.74, 6) is 0.409. The molecule has 1 aliphatic rings. The predicted molar refractivity (Wildman–Crippen MR) is 122 cm³/mol. The number of nitrogens with one attached hydrogen (secondary N) is 1. The number of fused-ring (bicyclic) bond motifs is 1. The molecular weight excluding hydrogens is 382 g/mol. The lowest BCUT2D eigenvalue weighted by atomic mass is 9.85. The van der Waals surface area contributed by atoms with Crippen molar-refractivity contribution in [3.8, 4) is 0 Å². The summed E-state index contributed by atoms with van der Waals surface area (Å²) in [6, 6.07) is 0. The highest BCUT2D eigenvalue weighted by molar-refractivity contribution is 7.17. The first-order valence-corrected chi connectivity index (χ1v) is 12.5. The van der Waals surface area contributed by atoms with Crippen LogP contribution in [0.2, 0.25) is 0 Å². The van der Waals surface area contributed by atoms with E-state index in [4.69, 9.17) is 4.74 Å². The fourth-order valence-corrected chi connectivity index (χ4v) is 5.48. The van der Waals surface area contributed by atoms with Gasteiger partial charge in [0.05, 0.1) is 12.2 Å². The molecule has 0 bridgehead atoms. The summed E-state index contributed by atoms with van der Waals surface area (Å²) in [6.45, 7) is 6.64. The number of carbonyl (C=O) groups excluding carboxylic acids is 2. The number of hydrogen-bond acceptors (Lipinski definition) is 4. The molecular formula is C24H39NO3S. The first-order chi connectivity index (χ1) is 14.1. The summed E-state index contributed by atoms with van der Waals surface area (Å²) < 4.78 is 5.30. The second kappa shape index (κ2) is 13.0. The van der Waals surface area contributed by atoms with Gasteiger partial charge in [0.1, 0.15) is 5.00 Å². The van der Waals surface area contributed by atoms with Crippen LogP contribution in [0.5, 0.6) is 0 Å². The molecule has 4 nitrogen and oxygen atoms in total. The molecule has 1 heterocycles. The third kappa shape index (κ3) is 7.44. The third-order valence-corrected chi connectivity index (χ3v) is 7.10. The number of thiophene rings is 1. The maximum absolute atomic E-state index is 12.6. The van der Waals surface area contributed by atoms with Crippen molar-refractivity contribution in [3.05, 3.63) is 16.0 Å². The van der Waals surface area contributed by atoms with Crippen LogP contribution in [0.4, 0.5) is 5.00 Å². The van der Waals surface area contributed by atoms with E-state index in [0.29, 0.717) is 29.5 Å².